The average molecular weight is 329 g/mol. The zero-order valence-corrected chi connectivity index (χ0v) is 13.6. The molecule has 24 heavy (non-hydrogen) atoms. The smallest absolute Gasteiger partial charge is 0.257 e. The van der Waals surface area contributed by atoms with E-state index in [-0.39, 0.29) is 11.8 Å². The van der Waals surface area contributed by atoms with Gasteiger partial charge < -0.3 is 18.8 Å². The van der Waals surface area contributed by atoms with Crippen molar-refractivity contribution in [2.75, 3.05) is 13.1 Å². The molecule has 4 heterocycles. The second kappa shape index (κ2) is 5.77. The summed E-state index contributed by atoms with van der Waals surface area (Å²) in [6.07, 6.45) is 3.06. The quantitative estimate of drug-likeness (QED) is 0.837. The molecule has 0 atom stereocenters. The van der Waals surface area contributed by atoms with Crippen molar-refractivity contribution in [3.63, 3.8) is 0 Å². The van der Waals surface area contributed by atoms with Crippen LogP contribution in [0.5, 0.6) is 0 Å². The highest BCUT2D eigenvalue weighted by molar-refractivity contribution is 5.95. The topological polar surface area (TPSA) is 84.5 Å². The lowest BCUT2D eigenvalue weighted by atomic mass is 10.2. The van der Waals surface area contributed by atoms with E-state index in [4.69, 9.17) is 4.42 Å². The van der Waals surface area contributed by atoms with Crippen molar-refractivity contribution in [2.24, 2.45) is 0 Å². The summed E-state index contributed by atoms with van der Waals surface area (Å²) in [6, 6.07) is 1.70. The Kier molecular flexibility index (Phi) is 3.59. The summed E-state index contributed by atoms with van der Waals surface area (Å²) in [5.74, 6) is 2.31. The normalized spacial score (nSPS) is 17.5. The first-order valence-electron chi connectivity index (χ1n) is 8.15. The number of rotatable bonds is 3. The van der Waals surface area contributed by atoms with Gasteiger partial charge in [0.25, 0.3) is 5.91 Å². The number of hydrogen-bond donors (Lipinski definition) is 0. The highest BCUT2D eigenvalue weighted by Gasteiger charge is 2.28. The van der Waals surface area contributed by atoms with Crippen LogP contribution in [0.2, 0.25) is 0 Å². The van der Waals surface area contributed by atoms with Crippen molar-refractivity contribution >= 4 is 11.8 Å². The molecule has 2 amide bonds. The SMILES string of the molecule is Cc1occc1C(=O)N1CCn2c(CN3CCCC3=O)nnc2C1. The number of carbonyl (C=O) groups is 2. The van der Waals surface area contributed by atoms with Gasteiger partial charge in [-0.25, -0.2) is 0 Å². The highest BCUT2D eigenvalue weighted by Crippen LogP contribution is 2.20. The van der Waals surface area contributed by atoms with E-state index in [0.29, 0.717) is 43.9 Å². The van der Waals surface area contributed by atoms with E-state index in [1.54, 1.807) is 17.9 Å². The van der Waals surface area contributed by atoms with Crippen LogP contribution in [-0.2, 0) is 24.4 Å². The molecule has 0 unspecified atom stereocenters. The van der Waals surface area contributed by atoms with Crippen LogP contribution >= 0.6 is 0 Å². The van der Waals surface area contributed by atoms with Crippen LogP contribution in [-0.4, -0.2) is 49.5 Å². The minimum atomic E-state index is -0.0493. The van der Waals surface area contributed by atoms with Crippen LogP contribution in [0.15, 0.2) is 16.7 Å². The number of carbonyl (C=O) groups excluding carboxylic acids is 2. The van der Waals surface area contributed by atoms with Gasteiger partial charge in [-0.3, -0.25) is 9.59 Å². The molecule has 126 valence electrons. The summed E-state index contributed by atoms with van der Waals surface area (Å²) in [4.78, 5) is 27.9. The first-order valence-corrected chi connectivity index (χ1v) is 8.15. The Bertz CT molecular complexity index is 793. The first kappa shape index (κ1) is 14.9. The molecule has 0 N–H and O–H groups in total. The fourth-order valence-electron chi connectivity index (χ4n) is 3.33. The Hall–Kier alpha value is -2.64. The zero-order valence-electron chi connectivity index (χ0n) is 13.6. The minimum absolute atomic E-state index is 0.0493. The van der Waals surface area contributed by atoms with Crippen molar-refractivity contribution in [1.29, 1.82) is 0 Å². The van der Waals surface area contributed by atoms with Gasteiger partial charge in [0, 0.05) is 26.1 Å². The summed E-state index contributed by atoms with van der Waals surface area (Å²) in [5, 5.41) is 8.45. The van der Waals surface area contributed by atoms with Gasteiger partial charge in [-0.05, 0) is 19.4 Å². The molecular formula is C16H19N5O3. The molecule has 4 rings (SSSR count). The zero-order chi connectivity index (χ0) is 16.7. The van der Waals surface area contributed by atoms with Gasteiger partial charge in [0.05, 0.1) is 24.9 Å². The van der Waals surface area contributed by atoms with E-state index in [2.05, 4.69) is 10.2 Å². The first-order chi connectivity index (χ1) is 11.6. The Morgan fingerprint density at radius 1 is 1.29 bits per heavy atom. The van der Waals surface area contributed by atoms with E-state index in [1.165, 1.54) is 6.26 Å². The van der Waals surface area contributed by atoms with Crippen LogP contribution in [0.25, 0.3) is 0 Å². The Morgan fingerprint density at radius 3 is 2.88 bits per heavy atom. The van der Waals surface area contributed by atoms with Crippen LogP contribution in [0.1, 0.15) is 40.6 Å². The van der Waals surface area contributed by atoms with Crippen LogP contribution in [0.4, 0.5) is 0 Å². The number of amides is 2. The van der Waals surface area contributed by atoms with Crippen molar-refractivity contribution in [3.05, 3.63) is 35.3 Å². The summed E-state index contributed by atoms with van der Waals surface area (Å²) >= 11 is 0. The fourth-order valence-corrected chi connectivity index (χ4v) is 3.33. The molecule has 8 heteroatoms. The summed E-state index contributed by atoms with van der Waals surface area (Å²) < 4.78 is 7.24. The average Bonchev–Trinajstić information content (AvgIpc) is 3.29. The van der Waals surface area contributed by atoms with Gasteiger partial charge in [-0.2, -0.15) is 0 Å². The molecule has 8 nitrogen and oxygen atoms in total. The molecule has 2 aliphatic heterocycles. The molecule has 0 saturated carbocycles. The maximum absolute atomic E-state index is 12.6. The number of aromatic nitrogens is 3. The number of furan rings is 1. The number of nitrogens with zero attached hydrogens (tertiary/aromatic N) is 5. The maximum atomic E-state index is 12.6. The summed E-state index contributed by atoms with van der Waals surface area (Å²) in [5.41, 5.74) is 0.589. The third-order valence-corrected chi connectivity index (χ3v) is 4.71. The number of fused-ring (bicyclic) bond motifs is 1. The molecule has 0 radical (unpaired) electrons. The van der Waals surface area contributed by atoms with Crippen molar-refractivity contribution in [1.82, 2.24) is 24.6 Å². The molecule has 1 fully saturated rings. The standard InChI is InChI=1S/C16H19N5O3/c1-11-12(4-8-24-11)16(23)20-6-7-21-13(17-18-14(21)10-20)9-19-5-2-3-15(19)22/h4,8H,2-3,5-7,9-10H2,1H3. The molecule has 0 spiro atoms. The predicted molar refractivity (Wildman–Crippen MR) is 82.9 cm³/mol. The van der Waals surface area contributed by atoms with Crippen LogP contribution in [0.3, 0.4) is 0 Å². The lowest BCUT2D eigenvalue weighted by molar-refractivity contribution is -0.128. The van der Waals surface area contributed by atoms with Crippen molar-refractivity contribution in [3.8, 4) is 0 Å². The van der Waals surface area contributed by atoms with E-state index >= 15 is 0 Å². The van der Waals surface area contributed by atoms with Gasteiger partial charge in [-0.15, -0.1) is 10.2 Å². The van der Waals surface area contributed by atoms with E-state index in [0.717, 1.165) is 24.6 Å². The van der Waals surface area contributed by atoms with E-state index in [1.807, 2.05) is 9.47 Å². The molecule has 2 aliphatic rings. The monoisotopic (exact) mass is 329 g/mol. The largest absolute Gasteiger partial charge is 0.469 e. The number of aryl methyl sites for hydroxylation is 1. The molecule has 2 aromatic rings. The fraction of sp³-hybridized carbons (Fsp3) is 0.500. The Balaban J connectivity index is 1.49. The van der Waals surface area contributed by atoms with Gasteiger partial charge in [0.15, 0.2) is 11.6 Å². The third-order valence-electron chi connectivity index (χ3n) is 4.71. The van der Waals surface area contributed by atoms with Crippen LogP contribution in [0, 0.1) is 6.92 Å². The highest BCUT2D eigenvalue weighted by atomic mass is 16.3. The predicted octanol–water partition coefficient (Wildman–Crippen LogP) is 0.958. The second-order valence-corrected chi connectivity index (χ2v) is 6.22. The molecule has 2 aromatic heterocycles. The van der Waals surface area contributed by atoms with Gasteiger partial charge in [0.2, 0.25) is 5.91 Å². The summed E-state index contributed by atoms with van der Waals surface area (Å²) in [7, 11) is 0. The van der Waals surface area contributed by atoms with E-state index in [9.17, 15) is 9.59 Å². The lowest BCUT2D eigenvalue weighted by Gasteiger charge is -2.28. The van der Waals surface area contributed by atoms with Crippen LogP contribution < -0.4 is 0 Å². The maximum Gasteiger partial charge on any atom is 0.257 e. The minimum Gasteiger partial charge on any atom is -0.469 e. The third kappa shape index (κ3) is 2.47. The molecule has 0 bridgehead atoms. The molecule has 1 saturated heterocycles. The lowest BCUT2D eigenvalue weighted by Crippen LogP contribution is -2.39. The Labute approximate surface area is 139 Å². The Morgan fingerprint density at radius 2 is 2.17 bits per heavy atom. The molecular weight excluding hydrogens is 310 g/mol. The van der Waals surface area contributed by atoms with Crippen molar-refractivity contribution < 1.29 is 14.0 Å². The summed E-state index contributed by atoms with van der Waals surface area (Å²) in [6.45, 7) is 4.72. The van der Waals surface area contributed by atoms with Crippen molar-refractivity contribution in [2.45, 2.75) is 39.4 Å². The second-order valence-electron chi connectivity index (χ2n) is 6.22. The number of hydrogen-bond acceptors (Lipinski definition) is 5. The molecule has 0 aliphatic carbocycles. The number of likely N-dealkylation sites (tertiary alicyclic amines) is 1. The van der Waals surface area contributed by atoms with Gasteiger partial charge in [-0.1, -0.05) is 0 Å². The van der Waals surface area contributed by atoms with Gasteiger partial charge >= 0.3 is 0 Å². The molecule has 0 aromatic carbocycles. The van der Waals surface area contributed by atoms with E-state index < -0.39 is 0 Å². The van der Waals surface area contributed by atoms with Gasteiger partial charge in [0.1, 0.15) is 5.76 Å².